The lowest BCUT2D eigenvalue weighted by Crippen LogP contribution is -2.14. The molecule has 0 aliphatic carbocycles. The molecule has 1 atom stereocenters. The molecule has 1 aromatic carbocycles. The number of phenolic OH excluding ortho intramolecular Hbond substituents is 1. The molecule has 0 aliphatic rings. The first-order valence-corrected chi connectivity index (χ1v) is 3.60. The largest absolute Gasteiger partial charge is 0.506 e. The lowest BCUT2D eigenvalue weighted by atomic mass is 10.1. The van der Waals surface area contributed by atoms with Crippen molar-refractivity contribution in [2.75, 3.05) is 12.3 Å². The molecular weight excluding hydrogens is 156 g/mol. The summed E-state index contributed by atoms with van der Waals surface area (Å²) in [6.07, 6.45) is 0. The van der Waals surface area contributed by atoms with Crippen molar-refractivity contribution in [2.45, 2.75) is 6.04 Å². The normalized spacial score (nSPS) is 12.8. The van der Waals surface area contributed by atoms with Crippen LogP contribution in [0, 0.1) is 0 Å². The molecule has 0 aliphatic heterocycles. The molecule has 0 radical (unpaired) electrons. The highest BCUT2D eigenvalue weighted by molar-refractivity contribution is 5.53. The fraction of sp³-hybridized carbons (Fsp3) is 0.250. The zero-order valence-electron chi connectivity index (χ0n) is 6.57. The average Bonchev–Trinajstić information content (AvgIpc) is 2.08. The van der Waals surface area contributed by atoms with E-state index in [1.54, 1.807) is 12.1 Å². The van der Waals surface area contributed by atoms with E-state index >= 15 is 0 Å². The van der Waals surface area contributed by atoms with Gasteiger partial charge in [-0.15, -0.1) is 0 Å². The smallest absolute Gasteiger partial charge is 0.138 e. The summed E-state index contributed by atoms with van der Waals surface area (Å²) in [5, 5.41) is 17.8. The predicted molar refractivity (Wildman–Crippen MR) is 46.5 cm³/mol. The number of benzene rings is 1. The summed E-state index contributed by atoms with van der Waals surface area (Å²) in [5.74, 6) is 0.0314. The topological polar surface area (TPSA) is 92.5 Å². The molecule has 1 rings (SSSR count). The Balaban J connectivity index is 2.96. The number of rotatable bonds is 2. The Bertz CT molecular complexity index is 276. The molecule has 0 heterocycles. The van der Waals surface area contributed by atoms with Gasteiger partial charge in [-0.25, -0.2) is 0 Å². The third-order valence-corrected chi connectivity index (χ3v) is 1.68. The third-order valence-electron chi connectivity index (χ3n) is 1.68. The maximum Gasteiger partial charge on any atom is 0.138 e. The summed E-state index contributed by atoms with van der Waals surface area (Å²) in [6.45, 7) is -0.135. The van der Waals surface area contributed by atoms with Crippen LogP contribution in [0.3, 0.4) is 0 Å². The Morgan fingerprint density at radius 3 is 2.58 bits per heavy atom. The van der Waals surface area contributed by atoms with Crippen molar-refractivity contribution in [1.29, 1.82) is 0 Å². The number of phenols is 1. The van der Waals surface area contributed by atoms with Crippen LogP contribution in [-0.2, 0) is 0 Å². The van der Waals surface area contributed by atoms with E-state index in [1.807, 2.05) is 0 Å². The van der Waals surface area contributed by atoms with Crippen molar-refractivity contribution < 1.29 is 10.2 Å². The first-order chi connectivity index (χ1) is 5.65. The summed E-state index contributed by atoms with van der Waals surface area (Å²) < 4.78 is 0. The first-order valence-electron chi connectivity index (χ1n) is 3.60. The van der Waals surface area contributed by atoms with Crippen molar-refractivity contribution in [2.24, 2.45) is 5.73 Å². The number of aliphatic hydroxyl groups is 1. The summed E-state index contributed by atoms with van der Waals surface area (Å²) in [6, 6.07) is 4.20. The molecule has 0 spiro atoms. The predicted octanol–water partition coefficient (Wildman–Crippen LogP) is -0.0335. The molecule has 4 heteroatoms. The van der Waals surface area contributed by atoms with Gasteiger partial charge in [-0.3, -0.25) is 0 Å². The van der Waals surface area contributed by atoms with Crippen LogP contribution in [0.4, 0.5) is 5.69 Å². The molecular formula is C8H12N2O2. The van der Waals surface area contributed by atoms with Crippen LogP contribution >= 0.6 is 0 Å². The number of aliphatic hydroxyl groups excluding tert-OH is 1. The van der Waals surface area contributed by atoms with E-state index in [0.29, 0.717) is 5.56 Å². The van der Waals surface area contributed by atoms with Crippen LogP contribution in [0.1, 0.15) is 11.6 Å². The summed E-state index contributed by atoms with van der Waals surface area (Å²) >= 11 is 0. The van der Waals surface area contributed by atoms with Crippen LogP contribution < -0.4 is 11.5 Å². The molecule has 1 aromatic rings. The number of anilines is 1. The Kier molecular flexibility index (Phi) is 2.52. The highest BCUT2D eigenvalue weighted by Gasteiger charge is 2.05. The minimum Gasteiger partial charge on any atom is -0.506 e. The highest BCUT2D eigenvalue weighted by atomic mass is 16.3. The maximum atomic E-state index is 9.07. The van der Waals surface area contributed by atoms with Gasteiger partial charge >= 0.3 is 0 Å². The van der Waals surface area contributed by atoms with Crippen LogP contribution in [0.5, 0.6) is 5.75 Å². The Morgan fingerprint density at radius 2 is 2.08 bits per heavy atom. The fourth-order valence-electron chi connectivity index (χ4n) is 0.909. The van der Waals surface area contributed by atoms with E-state index in [1.165, 1.54) is 6.07 Å². The van der Waals surface area contributed by atoms with Crippen LogP contribution in [0.15, 0.2) is 18.2 Å². The second-order valence-corrected chi connectivity index (χ2v) is 2.61. The van der Waals surface area contributed by atoms with Crippen LogP contribution in [0.2, 0.25) is 0 Å². The number of nitrogens with two attached hydrogens (primary N) is 2. The van der Waals surface area contributed by atoms with Crippen LogP contribution in [0.25, 0.3) is 0 Å². The number of nitrogen functional groups attached to an aromatic ring is 1. The Hall–Kier alpha value is -1.26. The number of aromatic hydroxyl groups is 1. The van der Waals surface area contributed by atoms with Gasteiger partial charge in [0.2, 0.25) is 0 Å². The van der Waals surface area contributed by atoms with Gasteiger partial charge < -0.3 is 21.7 Å². The van der Waals surface area contributed by atoms with Gasteiger partial charge in [-0.1, -0.05) is 6.07 Å². The molecule has 0 unspecified atom stereocenters. The van der Waals surface area contributed by atoms with E-state index < -0.39 is 6.04 Å². The highest BCUT2D eigenvalue weighted by Crippen LogP contribution is 2.22. The summed E-state index contributed by atoms with van der Waals surface area (Å²) in [5.41, 5.74) is 11.9. The van der Waals surface area contributed by atoms with E-state index in [0.717, 1.165) is 0 Å². The van der Waals surface area contributed by atoms with E-state index in [2.05, 4.69) is 0 Å². The van der Waals surface area contributed by atoms with Gasteiger partial charge in [0.25, 0.3) is 0 Å². The Morgan fingerprint density at radius 1 is 1.42 bits per heavy atom. The minimum absolute atomic E-state index is 0.0314. The lowest BCUT2D eigenvalue weighted by Gasteiger charge is -2.09. The summed E-state index contributed by atoms with van der Waals surface area (Å²) in [4.78, 5) is 0. The van der Waals surface area contributed by atoms with Crippen molar-refractivity contribution >= 4 is 5.69 Å². The Labute approximate surface area is 70.4 Å². The zero-order chi connectivity index (χ0) is 9.14. The SMILES string of the molecule is Nc1cc([C@@H](N)CO)ccc1O. The van der Waals surface area contributed by atoms with Gasteiger partial charge in [0, 0.05) is 0 Å². The quantitative estimate of drug-likeness (QED) is 0.368. The first kappa shape index (κ1) is 8.83. The van der Waals surface area contributed by atoms with Gasteiger partial charge in [0.15, 0.2) is 0 Å². The minimum atomic E-state index is -0.437. The van der Waals surface area contributed by atoms with E-state index in [4.69, 9.17) is 21.7 Å². The fourth-order valence-corrected chi connectivity index (χ4v) is 0.909. The van der Waals surface area contributed by atoms with Crippen molar-refractivity contribution in [3.05, 3.63) is 23.8 Å². The molecule has 0 amide bonds. The van der Waals surface area contributed by atoms with Gasteiger partial charge in [0.1, 0.15) is 5.75 Å². The van der Waals surface area contributed by atoms with Gasteiger partial charge in [-0.2, -0.15) is 0 Å². The molecule has 4 nitrogen and oxygen atoms in total. The maximum absolute atomic E-state index is 9.07. The van der Waals surface area contributed by atoms with Gasteiger partial charge in [0.05, 0.1) is 18.3 Å². The van der Waals surface area contributed by atoms with Gasteiger partial charge in [-0.05, 0) is 17.7 Å². The third kappa shape index (κ3) is 1.66. The standard InChI is InChI=1S/C8H12N2O2/c9-6-3-5(7(10)4-11)1-2-8(6)12/h1-3,7,11-12H,4,9-10H2/t7-/m0/s1. The number of hydrogen-bond donors (Lipinski definition) is 4. The molecule has 6 N–H and O–H groups in total. The summed E-state index contributed by atoms with van der Waals surface area (Å²) in [7, 11) is 0. The molecule has 12 heavy (non-hydrogen) atoms. The molecule has 66 valence electrons. The van der Waals surface area contributed by atoms with Crippen molar-refractivity contribution in [3.8, 4) is 5.75 Å². The monoisotopic (exact) mass is 168 g/mol. The van der Waals surface area contributed by atoms with Crippen molar-refractivity contribution in [3.63, 3.8) is 0 Å². The van der Waals surface area contributed by atoms with E-state index in [9.17, 15) is 0 Å². The molecule has 0 fully saturated rings. The average molecular weight is 168 g/mol. The second-order valence-electron chi connectivity index (χ2n) is 2.61. The lowest BCUT2D eigenvalue weighted by molar-refractivity contribution is 0.268. The second kappa shape index (κ2) is 3.42. The molecule has 0 bridgehead atoms. The van der Waals surface area contributed by atoms with E-state index in [-0.39, 0.29) is 18.0 Å². The van der Waals surface area contributed by atoms with Crippen LogP contribution in [-0.4, -0.2) is 16.8 Å². The molecule has 0 saturated heterocycles. The molecule has 0 aromatic heterocycles. The van der Waals surface area contributed by atoms with Crippen molar-refractivity contribution in [1.82, 2.24) is 0 Å². The number of hydrogen-bond acceptors (Lipinski definition) is 4. The zero-order valence-corrected chi connectivity index (χ0v) is 6.57. The molecule has 0 saturated carbocycles.